The summed E-state index contributed by atoms with van der Waals surface area (Å²) in [4.78, 5) is 14.3. The average molecular weight is 292 g/mol. The van der Waals surface area contributed by atoms with Gasteiger partial charge >= 0.3 is 0 Å². The van der Waals surface area contributed by atoms with E-state index < -0.39 is 0 Å². The van der Waals surface area contributed by atoms with E-state index in [0.29, 0.717) is 17.9 Å². The van der Waals surface area contributed by atoms with Crippen LogP contribution in [0.5, 0.6) is 0 Å². The first-order chi connectivity index (χ1) is 9.65. The molecule has 0 saturated carbocycles. The van der Waals surface area contributed by atoms with E-state index in [1.807, 2.05) is 29.2 Å². The molecule has 2 fully saturated rings. The highest BCUT2D eigenvalue weighted by Crippen LogP contribution is 2.35. The second-order valence-electron chi connectivity index (χ2n) is 5.61. The molecule has 2 aliphatic heterocycles. The number of halogens is 1. The summed E-state index contributed by atoms with van der Waals surface area (Å²) in [5.41, 5.74) is 0.854. The van der Waals surface area contributed by atoms with Crippen LogP contribution in [0.25, 0.3) is 6.08 Å². The van der Waals surface area contributed by atoms with Crippen molar-refractivity contribution in [3.05, 3.63) is 40.9 Å². The highest BCUT2D eigenvalue weighted by atomic mass is 35.5. The molecule has 3 rings (SSSR count). The molecule has 2 heterocycles. The summed E-state index contributed by atoms with van der Waals surface area (Å²) in [5, 5.41) is 10.4. The number of rotatable bonds is 2. The highest BCUT2D eigenvalue weighted by Gasteiger charge is 2.41. The molecule has 1 amide bonds. The fourth-order valence-corrected chi connectivity index (χ4v) is 3.56. The van der Waals surface area contributed by atoms with Crippen LogP contribution in [0.3, 0.4) is 0 Å². The Labute approximate surface area is 123 Å². The van der Waals surface area contributed by atoms with Gasteiger partial charge in [-0.3, -0.25) is 4.79 Å². The first-order valence-corrected chi connectivity index (χ1v) is 7.46. The smallest absolute Gasteiger partial charge is 0.247 e. The van der Waals surface area contributed by atoms with Crippen molar-refractivity contribution in [2.45, 2.75) is 43.9 Å². The summed E-state index contributed by atoms with van der Waals surface area (Å²) >= 11 is 6.07. The highest BCUT2D eigenvalue weighted by molar-refractivity contribution is 6.32. The Morgan fingerprint density at radius 3 is 2.55 bits per heavy atom. The third-order valence-corrected chi connectivity index (χ3v) is 4.62. The number of hydrogen-bond acceptors (Lipinski definition) is 2. The molecule has 1 aromatic carbocycles. The van der Waals surface area contributed by atoms with Gasteiger partial charge in [-0.1, -0.05) is 29.8 Å². The molecule has 20 heavy (non-hydrogen) atoms. The Hall–Kier alpha value is -1.32. The van der Waals surface area contributed by atoms with E-state index in [4.69, 9.17) is 11.6 Å². The van der Waals surface area contributed by atoms with Crippen molar-refractivity contribution in [2.24, 2.45) is 0 Å². The Kier molecular flexibility index (Phi) is 3.81. The van der Waals surface area contributed by atoms with Crippen LogP contribution < -0.4 is 0 Å². The van der Waals surface area contributed by atoms with Crippen molar-refractivity contribution in [1.82, 2.24) is 4.90 Å². The van der Waals surface area contributed by atoms with Gasteiger partial charge in [0.05, 0.1) is 6.10 Å². The predicted molar refractivity (Wildman–Crippen MR) is 79.4 cm³/mol. The van der Waals surface area contributed by atoms with Crippen molar-refractivity contribution in [1.29, 1.82) is 0 Å². The number of aliphatic hydroxyl groups excluding tert-OH is 1. The molecule has 0 aliphatic carbocycles. The van der Waals surface area contributed by atoms with Crippen LogP contribution in [-0.4, -0.2) is 34.1 Å². The molecule has 1 N–H and O–H groups in total. The molecule has 106 valence electrons. The third kappa shape index (κ3) is 2.60. The van der Waals surface area contributed by atoms with Crippen LogP contribution in [-0.2, 0) is 4.79 Å². The van der Waals surface area contributed by atoms with Crippen molar-refractivity contribution < 1.29 is 9.90 Å². The number of carbonyl (C=O) groups is 1. The molecule has 0 aromatic heterocycles. The topological polar surface area (TPSA) is 40.5 Å². The monoisotopic (exact) mass is 291 g/mol. The van der Waals surface area contributed by atoms with E-state index in [1.54, 1.807) is 12.2 Å². The molecular formula is C16H18ClNO2. The Morgan fingerprint density at radius 1 is 1.25 bits per heavy atom. The van der Waals surface area contributed by atoms with Gasteiger partial charge in [0, 0.05) is 23.2 Å². The van der Waals surface area contributed by atoms with Crippen molar-refractivity contribution >= 4 is 23.6 Å². The van der Waals surface area contributed by atoms with E-state index in [0.717, 1.165) is 18.4 Å². The minimum atomic E-state index is -0.246. The summed E-state index contributed by atoms with van der Waals surface area (Å²) in [6, 6.07) is 7.87. The van der Waals surface area contributed by atoms with E-state index >= 15 is 0 Å². The van der Waals surface area contributed by atoms with Gasteiger partial charge in [-0.15, -0.1) is 0 Å². The summed E-state index contributed by atoms with van der Waals surface area (Å²) in [6.45, 7) is 0. The second-order valence-corrected chi connectivity index (χ2v) is 6.02. The summed E-state index contributed by atoms with van der Waals surface area (Å²) in [5.74, 6) is 0.0318. The Morgan fingerprint density at radius 2 is 1.90 bits per heavy atom. The molecule has 1 aromatic rings. The standard InChI is InChI=1S/C16H18ClNO2/c17-15-4-2-1-3-11(15)5-8-16(20)18-12-6-7-13(18)10-14(19)9-12/h1-5,8,12-14,19H,6-7,9-10H2. The summed E-state index contributed by atoms with van der Waals surface area (Å²) in [6.07, 6.45) is 6.56. The fraction of sp³-hybridized carbons (Fsp3) is 0.438. The Bertz CT molecular complexity index is 529. The van der Waals surface area contributed by atoms with Gasteiger partial charge in [-0.25, -0.2) is 0 Å². The summed E-state index contributed by atoms with van der Waals surface area (Å²) < 4.78 is 0. The number of nitrogens with zero attached hydrogens (tertiary/aromatic N) is 1. The third-order valence-electron chi connectivity index (χ3n) is 4.27. The van der Waals surface area contributed by atoms with Gasteiger partial charge in [-0.2, -0.15) is 0 Å². The maximum atomic E-state index is 12.4. The zero-order valence-corrected chi connectivity index (χ0v) is 12.0. The average Bonchev–Trinajstić information content (AvgIpc) is 2.70. The van der Waals surface area contributed by atoms with Gasteiger partial charge in [0.25, 0.3) is 0 Å². The Balaban J connectivity index is 1.73. The second kappa shape index (κ2) is 5.58. The SMILES string of the molecule is O=C(C=Cc1ccccc1Cl)N1C2CCC1CC(O)C2. The predicted octanol–water partition coefficient (Wildman–Crippen LogP) is 2.87. The molecule has 0 radical (unpaired) electrons. The van der Waals surface area contributed by atoms with Crippen molar-refractivity contribution in [2.75, 3.05) is 0 Å². The van der Waals surface area contributed by atoms with Crippen molar-refractivity contribution in [3.8, 4) is 0 Å². The molecule has 0 spiro atoms. The van der Waals surface area contributed by atoms with Gasteiger partial charge in [0.15, 0.2) is 0 Å². The lowest BCUT2D eigenvalue weighted by molar-refractivity contribution is -0.131. The van der Waals surface area contributed by atoms with E-state index in [2.05, 4.69) is 0 Å². The number of hydrogen-bond donors (Lipinski definition) is 1. The van der Waals surface area contributed by atoms with Gasteiger partial charge in [0.2, 0.25) is 5.91 Å². The molecule has 2 aliphatic rings. The molecule has 2 saturated heterocycles. The minimum Gasteiger partial charge on any atom is -0.393 e. The van der Waals surface area contributed by atoms with Crippen LogP contribution in [0.2, 0.25) is 5.02 Å². The maximum absolute atomic E-state index is 12.4. The number of piperidine rings is 1. The number of carbonyl (C=O) groups excluding carboxylic acids is 1. The molecular weight excluding hydrogens is 274 g/mol. The van der Waals surface area contributed by atoms with Crippen LogP contribution in [0.4, 0.5) is 0 Å². The molecule has 2 atom stereocenters. The van der Waals surface area contributed by atoms with Crippen molar-refractivity contribution in [3.63, 3.8) is 0 Å². The maximum Gasteiger partial charge on any atom is 0.247 e. The van der Waals surface area contributed by atoms with E-state index in [-0.39, 0.29) is 24.1 Å². The normalized spacial score (nSPS) is 29.1. The molecule has 2 bridgehead atoms. The van der Waals surface area contributed by atoms with Gasteiger partial charge in [-0.05, 0) is 43.4 Å². The zero-order chi connectivity index (χ0) is 14.1. The van der Waals surface area contributed by atoms with Crippen LogP contribution in [0.1, 0.15) is 31.2 Å². The van der Waals surface area contributed by atoms with Gasteiger partial charge < -0.3 is 10.0 Å². The first kappa shape index (κ1) is 13.7. The lowest BCUT2D eigenvalue weighted by Gasteiger charge is -2.36. The summed E-state index contributed by atoms with van der Waals surface area (Å²) in [7, 11) is 0. The fourth-order valence-electron chi connectivity index (χ4n) is 3.37. The minimum absolute atomic E-state index is 0.0318. The van der Waals surface area contributed by atoms with E-state index in [1.165, 1.54) is 0 Å². The molecule has 3 nitrogen and oxygen atoms in total. The largest absolute Gasteiger partial charge is 0.393 e. The number of aliphatic hydroxyl groups is 1. The van der Waals surface area contributed by atoms with Crippen LogP contribution in [0.15, 0.2) is 30.3 Å². The quantitative estimate of drug-likeness (QED) is 0.851. The van der Waals surface area contributed by atoms with Crippen LogP contribution in [0, 0.1) is 0 Å². The number of benzene rings is 1. The number of amides is 1. The zero-order valence-electron chi connectivity index (χ0n) is 11.2. The van der Waals surface area contributed by atoms with E-state index in [9.17, 15) is 9.90 Å². The molecule has 4 heteroatoms. The first-order valence-electron chi connectivity index (χ1n) is 7.08. The van der Waals surface area contributed by atoms with Crippen LogP contribution >= 0.6 is 11.6 Å². The molecule has 2 unspecified atom stereocenters. The van der Waals surface area contributed by atoms with Gasteiger partial charge in [0.1, 0.15) is 0 Å². The lowest BCUT2D eigenvalue weighted by atomic mass is 10.00. The number of fused-ring (bicyclic) bond motifs is 2. The lowest BCUT2D eigenvalue weighted by Crippen LogP contribution is -2.47.